The van der Waals surface area contributed by atoms with Gasteiger partial charge in [-0.1, -0.05) is 42.5 Å². The van der Waals surface area contributed by atoms with Crippen molar-refractivity contribution in [3.05, 3.63) is 54.6 Å². The van der Waals surface area contributed by atoms with Crippen molar-refractivity contribution in [2.24, 2.45) is 0 Å². The monoisotopic (exact) mass is 245 g/mol. The Balaban J connectivity index is 2.32. The second-order valence-corrected chi connectivity index (χ2v) is 3.88. The van der Waals surface area contributed by atoms with Gasteiger partial charge in [0.15, 0.2) is 0 Å². The van der Waals surface area contributed by atoms with Crippen LogP contribution in [0, 0.1) is 0 Å². The number of carbonyl (C=O) groups is 1. The fraction of sp³-hybridized carbons (Fsp3) is 0.267. The van der Waals surface area contributed by atoms with Gasteiger partial charge in [-0.2, -0.15) is 0 Å². The number of hydrogen-bond donors (Lipinski definition) is 1. The lowest BCUT2D eigenvalue weighted by Crippen LogP contribution is -2.27. The zero-order valence-electron chi connectivity index (χ0n) is 10.6. The van der Waals surface area contributed by atoms with Gasteiger partial charge in [-0.15, -0.1) is 6.58 Å². The van der Waals surface area contributed by atoms with Gasteiger partial charge >= 0.3 is 6.09 Å². The predicted molar refractivity (Wildman–Crippen MR) is 74.2 cm³/mol. The van der Waals surface area contributed by atoms with E-state index in [0.29, 0.717) is 6.54 Å². The van der Waals surface area contributed by atoms with Gasteiger partial charge < -0.3 is 10.1 Å². The van der Waals surface area contributed by atoms with Gasteiger partial charge in [-0.25, -0.2) is 4.79 Å². The summed E-state index contributed by atoms with van der Waals surface area (Å²) in [5, 5.41) is 2.65. The van der Waals surface area contributed by atoms with E-state index in [1.165, 1.54) is 0 Å². The molecule has 1 aromatic carbocycles. The van der Waals surface area contributed by atoms with Crippen LogP contribution in [0.15, 0.2) is 49.1 Å². The lowest BCUT2D eigenvalue weighted by molar-refractivity contribution is 0.127. The molecule has 0 radical (unpaired) electrons. The zero-order chi connectivity index (χ0) is 13.2. The van der Waals surface area contributed by atoms with Crippen LogP contribution in [0.4, 0.5) is 4.79 Å². The van der Waals surface area contributed by atoms with E-state index < -0.39 is 6.09 Å². The molecule has 0 aromatic heterocycles. The van der Waals surface area contributed by atoms with Gasteiger partial charge in [0, 0.05) is 6.54 Å². The van der Waals surface area contributed by atoms with Crippen LogP contribution in [0.3, 0.4) is 0 Å². The summed E-state index contributed by atoms with van der Waals surface area (Å²) in [5.74, 6) is 0. The van der Waals surface area contributed by atoms with E-state index in [-0.39, 0.29) is 6.10 Å². The quantitative estimate of drug-likeness (QED) is 0.616. The molecule has 18 heavy (non-hydrogen) atoms. The molecule has 0 saturated carbocycles. The Kier molecular flexibility index (Phi) is 6.33. The Bertz CT molecular complexity index is 398. The van der Waals surface area contributed by atoms with Crippen LogP contribution in [-0.4, -0.2) is 18.7 Å². The van der Waals surface area contributed by atoms with Gasteiger partial charge in [-0.3, -0.25) is 0 Å². The molecule has 0 aliphatic rings. The summed E-state index contributed by atoms with van der Waals surface area (Å²) < 4.78 is 5.15. The van der Waals surface area contributed by atoms with Crippen molar-refractivity contribution in [2.45, 2.75) is 19.4 Å². The van der Waals surface area contributed by atoms with Gasteiger partial charge in [-0.05, 0) is 25.0 Å². The molecule has 1 amide bonds. The Morgan fingerprint density at radius 2 is 2.17 bits per heavy atom. The van der Waals surface area contributed by atoms with Crippen LogP contribution < -0.4 is 5.32 Å². The van der Waals surface area contributed by atoms with Crippen LogP contribution in [0.2, 0.25) is 0 Å². The minimum absolute atomic E-state index is 0.256. The van der Waals surface area contributed by atoms with Crippen molar-refractivity contribution in [3.63, 3.8) is 0 Å². The lowest BCUT2D eigenvalue weighted by atomic mass is 10.2. The highest BCUT2D eigenvalue weighted by Crippen LogP contribution is 2.03. The summed E-state index contributed by atoms with van der Waals surface area (Å²) in [6.07, 6.45) is 5.61. The molecule has 1 atom stereocenters. The summed E-state index contributed by atoms with van der Waals surface area (Å²) in [4.78, 5) is 11.3. The first-order chi connectivity index (χ1) is 8.72. The highest BCUT2D eigenvalue weighted by Gasteiger charge is 2.04. The van der Waals surface area contributed by atoms with Crippen LogP contribution in [0.5, 0.6) is 0 Å². The number of benzene rings is 1. The summed E-state index contributed by atoms with van der Waals surface area (Å²) in [6.45, 7) is 5.96. The third-order valence-corrected chi connectivity index (χ3v) is 2.27. The van der Waals surface area contributed by atoms with Gasteiger partial charge in [0.1, 0.15) is 6.10 Å². The topological polar surface area (TPSA) is 38.3 Å². The number of ether oxygens (including phenoxy) is 1. The van der Waals surface area contributed by atoms with E-state index >= 15 is 0 Å². The zero-order valence-corrected chi connectivity index (χ0v) is 10.6. The standard InChI is InChI=1S/C15H19NO2/c1-3-4-12-16-15(17)18-13(2)10-11-14-8-6-5-7-9-14/h3,5-11,13H,1,4,12H2,2H3,(H,16,17)/b11-10+. The van der Waals surface area contributed by atoms with Gasteiger partial charge in [0.2, 0.25) is 0 Å². The Hall–Kier alpha value is -2.03. The van der Waals surface area contributed by atoms with E-state index in [4.69, 9.17) is 4.74 Å². The van der Waals surface area contributed by atoms with Crippen molar-refractivity contribution >= 4 is 12.2 Å². The average molecular weight is 245 g/mol. The van der Waals surface area contributed by atoms with Crippen LogP contribution in [0.25, 0.3) is 6.08 Å². The molecule has 0 aliphatic carbocycles. The smallest absolute Gasteiger partial charge is 0.407 e. The van der Waals surface area contributed by atoms with E-state index in [9.17, 15) is 4.79 Å². The second kappa shape index (κ2) is 8.12. The molecule has 1 unspecified atom stereocenters. The molecular formula is C15H19NO2. The molecule has 0 heterocycles. The first kappa shape index (κ1) is 14.0. The van der Waals surface area contributed by atoms with E-state index in [1.807, 2.05) is 49.4 Å². The highest BCUT2D eigenvalue weighted by atomic mass is 16.6. The first-order valence-corrected chi connectivity index (χ1v) is 6.01. The van der Waals surface area contributed by atoms with Crippen LogP contribution >= 0.6 is 0 Å². The maximum atomic E-state index is 11.3. The summed E-state index contributed by atoms with van der Waals surface area (Å²) in [6, 6.07) is 9.88. The van der Waals surface area contributed by atoms with Crippen LogP contribution in [0.1, 0.15) is 18.9 Å². The van der Waals surface area contributed by atoms with E-state index in [1.54, 1.807) is 6.08 Å². The SMILES string of the molecule is C=CCCNC(=O)OC(C)/C=C/c1ccccc1. The maximum absolute atomic E-state index is 11.3. The van der Waals surface area contributed by atoms with Crippen molar-refractivity contribution < 1.29 is 9.53 Å². The number of nitrogens with one attached hydrogen (secondary N) is 1. The minimum atomic E-state index is -0.401. The summed E-state index contributed by atoms with van der Waals surface area (Å²) >= 11 is 0. The Morgan fingerprint density at radius 3 is 2.83 bits per heavy atom. The largest absolute Gasteiger partial charge is 0.442 e. The molecule has 0 saturated heterocycles. The third-order valence-electron chi connectivity index (χ3n) is 2.27. The molecule has 0 bridgehead atoms. The second-order valence-electron chi connectivity index (χ2n) is 3.88. The molecule has 1 rings (SSSR count). The molecule has 96 valence electrons. The van der Waals surface area contributed by atoms with Gasteiger partial charge in [0.25, 0.3) is 0 Å². The number of amides is 1. The molecule has 0 spiro atoms. The van der Waals surface area contributed by atoms with Crippen LogP contribution in [-0.2, 0) is 4.74 Å². The van der Waals surface area contributed by atoms with E-state index in [0.717, 1.165) is 12.0 Å². The minimum Gasteiger partial charge on any atom is -0.442 e. The molecule has 0 fully saturated rings. The lowest BCUT2D eigenvalue weighted by Gasteiger charge is -2.09. The van der Waals surface area contributed by atoms with Gasteiger partial charge in [0.05, 0.1) is 0 Å². The average Bonchev–Trinajstić information content (AvgIpc) is 2.38. The number of rotatable bonds is 6. The molecule has 3 heteroatoms. The fourth-order valence-electron chi connectivity index (χ4n) is 1.34. The van der Waals surface area contributed by atoms with Crippen molar-refractivity contribution in [1.29, 1.82) is 0 Å². The molecule has 1 N–H and O–H groups in total. The number of alkyl carbamates (subject to hydrolysis) is 1. The highest BCUT2D eigenvalue weighted by molar-refractivity contribution is 5.67. The maximum Gasteiger partial charge on any atom is 0.407 e. The number of carbonyl (C=O) groups excluding carboxylic acids is 1. The van der Waals surface area contributed by atoms with Crippen molar-refractivity contribution in [2.75, 3.05) is 6.54 Å². The molecular weight excluding hydrogens is 226 g/mol. The molecule has 1 aromatic rings. The normalized spacial score (nSPS) is 12.1. The van der Waals surface area contributed by atoms with Crippen molar-refractivity contribution in [1.82, 2.24) is 5.32 Å². The Morgan fingerprint density at radius 1 is 1.44 bits per heavy atom. The number of hydrogen-bond acceptors (Lipinski definition) is 2. The third kappa shape index (κ3) is 5.89. The molecule has 3 nitrogen and oxygen atoms in total. The fourth-order valence-corrected chi connectivity index (χ4v) is 1.34. The van der Waals surface area contributed by atoms with Crippen molar-refractivity contribution in [3.8, 4) is 0 Å². The Labute approximate surface area is 108 Å². The summed E-state index contributed by atoms with van der Waals surface area (Å²) in [5.41, 5.74) is 1.08. The molecule has 0 aliphatic heterocycles. The predicted octanol–water partition coefficient (Wildman–Crippen LogP) is 3.39. The summed E-state index contributed by atoms with van der Waals surface area (Å²) in [7, 11) is 0. The van der Waals surface area contributed by atoms with E-state index in [2.05, 4.69) is 11.9 Å². The first-order valence-electron chi connectivity index (χ1n) is 6.01.